The van der Waals surface area contributed by atoms with Crippen molar-refractivity contribution in [2.75, 3.05) is 25.5 Å². The Balaban J connectivity index is 1.69. The van der Waals surface area contributed by atoms with E-state index in [1.165, 1.54) is 13.1 Å². The molecule has 11 nitrogen and oxygen atoms in total. The van der Waals surface area contributed by atoms with Gasteiger partial charge >= 0.3 is 0 Å². The van der Waals surface area contributed by atoms with E-state index >= 15 is 0 Å². The van der Waals surface area contributed by atoms with Crippen molar-refractivity contribution in [1.82, 2.24) is 20.9 Å². The van der Waals surface area contributed by atoms with Gasteiger partial charge in [0.1, 0.15) is 6.04 Å². The van der Waals surface area contributed by atoms with Crippen LogP contribution in [0.4, 0.5) is 5.69 Å². The second-order valence-corrected chi connectivity index (χ2v) is 6.80. The van der Waals surface area contributed by atoms with E-state index in [0.717, 1.165) is 4.90 Å². The van der Waals surface area contributed by atoms with E-state index in [0.29, 0.717) is 0 Å². The molecule has 1 aromatic carbocycles. The fourth-order valence-corrected chi connectivity index (χ4v) is 3.34. The summed E-state index contributed by atoms with van der Waals surface area (Å²) in [7, 11) is 1.50. The molecular weight excluding hydrogens is 394 g/mol. The Morgan fingerprint density at radius 1 is 1.13 bits per heavy atom. The highest BCUT2D eigenvalue weighted by atomic mass is 16.2. The Labute approximate surface area is 171 Å². The van der Waals surface area contributed by atoms with Crippen LogP contribution in [-0.2, 0) is 19.2 Å². The number of benzene rings is 1. The maximum Gasteiger partial charge on any atom is 0.264 e. The summed E-state index contributed by atoms with van der Waals surface area (Å²) in [5.74, 6) is -3.02. The lowest BCUT2D eigenvalue weighted by Gasteiger charge is -2.27. The Kier molecular flexibility index (Phi) is 6.09. The van der Waals surface area contributed by atoms with E-state index in [9.17, 15) is 28.8 Å². The highest BCUT2D eigenvalue weighted by molar-refractivity contribution is 6.25. The van der Waals surface area contributed by atoms with E-state index in [1.54, 1.807) is 12.1 Å². The first-order chi connectivity index (χ1) is 14.3. The molecule has 2 heterocycles. The third-order valence-corrected chi connectivity index (χ3v) is 4.86. The molecule has 0 aromatic heterocycles. The van der Waals surface area contributed by atoms with Gasteiger partial charge in [-0.05, 0) is 18.6 Å². The van der Waals surface area contributed by atoms with Crippen LogP contribution in [0.3, 0.4) is 0 Å². The molecule has 158 valence electrons. The Hall–Kier alpha value is -3.76. The maximum absolute atomic E-state index is 12.9. The van der Waals surface area contributed by atoms with Crippen molar-refractivity contribution >= 4 is 41.1 Å². The van der Waals surface area contributed by atoms with Gasteiger partial charge in [0.2, 0.25) is 23.6 Å². The van der Waals surface area contributed by atoms with Crippen molar-refractivity contribution in [3.8, 4) is 0 Å². The average molecular weight is 415 g/mol. The normalized spacial score (nSPS) is 18.0. The zero-order valence-electron chi connectivity index (χ0n) is 16.2. The Bertz CT molecular complexity index is 943. The van der Waals surface area contributed by atoms with Crippen molar-refractivity contribution < 1.29 is 28.8 Å². The van der Waals surface area contributed by atoms with E-state index in [4.69, 9.17) is 0 Å². The molecule has 11 heteroatoms. The molecule has 0 spiro atoms. The lowest BCUT2D eigenvalue weighted by molar-refractivity contribution is -0.136. The molecule has 3 rings (SSSR count). The topological polar surface area (TPSA) is 154 Å². The molecule has 1 saturated heterocycles. The maximum atomic E-state index is 12.9. The summed E-state index contributed by atoms with van der Waals surface area (Å²) in [6.07, 6.45) is 0.231. The molecule has 1 fully saturated rings. The number of anilines is 1. The predicted octanol–water partition coefficient (Wildman–Crippen LogP) is -1.25. The summed E-state index contributed by atoms with van der Waals surface area (Å²) in [4.78, 5) is 73.2. The van der Waals surface area contributed by atoms with Crippen molar-refractivity contribution in [2.24, 2.45) is 0 Å². The van der Waals surface area contributed by atoms with Crippen LogP contribution >= 0.6 is 0 Å². The zero-order valence-corrected chi connectivity index (χ0v) is 16.2. The summed E-state index contributed by atoms with van der Waals surface area (Å²) < 4.78 is 0. The second kappa shape index (κ2) is 8.72. The van der Waals surface area contributed by atoms with Crippen molar-refractivity contribution in [3.63, 3.8) is 0 Å². The van der Waals surface area contributed by atoms with Gasteiger partial charge in [0.15, 0.2) is 0 Å². The van der Waals surface area contributed by atoms with Crippen molar-refractivity contribution in [1.29, 1.82) is 0 Å². The number of amides is 6. The minimum absolute atomic E-state index is 0.0329. The smallest absolute Gasteiger partial charge is 0.264 e. The number of imide groups is 2. The van der Waals surface area contributed by atoms with Gasteiger partial charge in [-0.1, -0.05) is 6.07 Å². The number of piperidine rings is 1. The molecule has 0 aliphatic carbocycles. The lowest BCUT2D eigenvalue weighted by Crippen LogP contribution is -2.54. The number of hydrogen-bond donors (Lipinski definition) is 4. The second-order valence-electron chi connectivity index (χ2n) is 6.80. The third-order valence-electron chi connectivity index (χ3n) is 4.86. The van der Waals surface area contributed by atoms with Crippen molar-refractivity contribution in [3.05, 3.63) is 29.3 Å². The highest BCUT2D eigenvalue weighted by Crippen LogP contribution is 2.32. The van der Waals surface area contributed by atoms with Crippen LogP contribution in [0.1, 0.15) is 40.0 Å². The third kappa shape index (κ3) is 4.14. The number of rotatable bonds is 7. The molecule has 1 atom stereocenters. The summed E-state index contributed by atoms with van der Waals surface area (Å²) in [6.45, 7) is -0.0160. The average Bonchev–Trinajstić information content (AvgIpc) is 2.97. The quantitative estimate of drug-likeness (QED) is 0.406. The first kappa shape index (κ1) is 21.0. The number of nitrogens with one attached hydrogen (secondary N) is 4. The molecule has 0 saturated carbocycles. The predicted molar refractivity (Wildman–Crippen MR) is 103 cm³/mol. The largest absolute Gasteiger partial charge is 0.375 e. The molecule has 4 N–H and O–H groups in total. The van der Waals surface area contributed by atoms with Gasteiger partial charge < -0.3 is 16.0 Å². The molecule has 6 amide bonds. The summed E-state index contributed by atoms with van der Waals surface area (Å²) in [5, 5.41) is 9.97. The first-order valence-electron chi connectivity index (χ1n) is 9.39. The van der Waals surface area contributed by atoms with Crippen LogP contribution < -0.4 is 21.3 Å². The molecule has 0 radical (unpaired) electrons. The summed E-state index contributed by atoms with van der Waals surface area (Å²) >= 11 is 0. The Morgan fingerprint density at radius 3 is 2.60 bits per heavy atom. The van der Waals surface area contributed by atoms with Crippen LogP contribution in [0.25, 0.3) is 0 Å². The number of fused-ring (bicyclic) bond motifs is 1. The van der Waals surface area contributed by atoms with Crippen molar-refractivity contribution in [2.45, 2.75) is 25.3 Å². The molecule has 2 aliphatic heterocycles. The van der Waals surface area contributed by atoms with Gasteiger partial charge in [0.05, 0.1) is 17.7 Å². The fraction of sp³-hybridized carbons (Fsp3) is 0.368. The van der Waals surface area contributed by atoms with Crippen LogP contribution in [0, 0.1) is 0 Å². The highest BCUT2D eigenvalue weighted by Gasteiger charge is 2.45. The number of carbonyl (C=O) groups is 6. The van der Waals surface area contributed by atoms with E-state index < -0.39 is 35.6 Å². The molecule has 1 aromatic rings. The van der Waals surface area contributed by atoms with E-state index in [1.807, 2.05) is 0 Å². The SMILES string of the molecule is CNC(=O)CCNC(=O)CNc1cccc2c1C(=O)N(C1CCC(=O)NC1=O)C2=O. The van der Waals surface area contributed by atoms with Crippen LogP contribution in [0.15, 0.2) is 18.2 Å². The van der Waals surface area contributed by atoms with Gasteiger partial charge in [-0.3, -0.25) is 39.0 Å². The Morgan fingerprint density at radius 2 is 1.90 bits per heavy atom. The van der Waals surface area contributed by atoms with Gasteiger partial charge in [-0.2, -0.15) is 0 Å². The summed E-state index contributed by atoms with van der Waals surface area (Å²) in [5.41, 5.74) is 0.474. The minimum Gasteiger partial charge on any atom is -0.375 e. The molecule has 30 heavy (non-hydrogen) atoms. The van der Waals surface area contributed by atoms with Crippen LogP contribution in [0.2, 0.25) is 0 Å². The fourth-order valence-electron chi connectivity index (χ4n) is 3.34. The van der Waals surface area contributed by atoms with E-state index in [2.05, 4.69) is 21.3 Å². The molecule has 0 bridgehead atoms. The van der Waals surface area contributed by atoms with Gasteiger partial charge in [-0.15, -0.1) is 0 Å². The standard InChI is InChI=1S/C19H21N5O6/c1-20-13(25)7-8-21-15(27)9-22-11-4-2-3-10-16(11)19(30)24(18(10)29)12-5-6-14(26)23-17(12)28/h2-4,12,22H,5-9H2,1H3,(H,20,25)(H,21,27)(H,23,26,28). The zero-order chi connectivity index (χ0) is 21.8. The monoisotopic (exact) mass is 415 g/mol. The van der Waals surface area contributed by atoms with Crippen LogP contribution in [0.5, 0.6) is 0 Å². The minimum atomic E-state index is -1.06. The number of hydrogen-bond acceptors (Lipinski definition) is 7. The molecule has 2 aliphatic rings. The lowest BCUT2D eigenvalue weighted by atomic mass is 10.0. The van der Waals surface area contributed by atoms with E-state index in [-0.39, 0.29) is 55.1 Å². The molecule has 1 unspecified atom stereocenters. The molecular formula is C19H21N5O6. The number of nitrogens with zero attached hydrogens (tertiary/aromatic N) is 1. The van der Waals surface area contributed by atoms with Gasteiger partial charge in [0.25, 0.3) is 11.8 Å². The van der Waals surface area contributed by atoms with Gasteiger partial charge in [-0.25, -0.2) is 0 Å². The van der Waals surface area contributed by atoms with Gasteiger partial charge in [0, 0.05) is 32.1 Å². The first-order valence-corrected chi connectivity index (χ1v) is 9.39. The number of carbonyl (C=O) groups excluding carboxylic acids is 6. The summed E-state index contributed by atoms with van der Waals surface area (Å²) in [6, 6.07) is 3.52. The van der Waals surface area contributed by atoms with Crippen LogP contribution in [-0.4, -0.2) is 66.5 Å².